The van der Waals surface area contributed by atoms with Gasteiger partial charge in [0.2, 0.25) is 11.9 Å². The third kappa shape index (κ3) is 4.09. The fourth-order valence-corrected chi connectivity index (χ4v) is 1.98. The first-order valence-corrected chi connectivity index (χ1v) is 6.67. The number of hydrogen-bond donors (Lipinski definition) is 2. The highest BCUT2D eigenvalue weighted by Gasteiger charge is 2.06. The van der Waals surface area contributed by atoms with Gasteiger partial charge in [-0.15, -0.1) is 0 Å². The minimum absolute atomic E-state index is 0.137. The maximum Gasteiger partial charge on any atom is 0.234 e. The topological polar surface area (TPSA) is 103 Å². The summed E-state index contributed by atoms with van der Waals surface area (Å²) in [4.78, 5) is 23.2. The third-order valence-corrected chi connectivity index (χ3v) is 3.14. The van der Waals surface area contributed by atoms with Crippen LogP contribution in [0.3, 0.4) is 0 Å². The molecular weight excluding hydrogens is 278 g/mol. The molecule has 2 rings (SSSR count). The van der Waals surface area contributed by atoms with Crippen LogP contribution in [0.15, 0.2) is 35.7 Å². The monoisotopic (exact) mass is 291 g/mol. The highest BCUT2D eigenvalue weighted by molar-refractivity contribution is 7.99. The third-order valence-electron chi connectivity index (χ3n) is 2.27. The number of carbonyl (C=O) groups is 1. The normalized spacial score (nSPS) is 10.1. The lowest BCUT2D eigenvalue weighted by molar-refractivity contribution is -0.113. The number of nitrogens with zero attached hydrogens (tertiary/aromatic N) is 3. The molecule has 0 fully saturated rings. The number of rotatable bonds is 5. The summed E-state index contributed by atoms with van der Waals surface area (Å²) in [5.41, 5.74) is 6.13. The first kappa shape index (κ1) is 14.1. The number of ether oxygens (including phenoxy) is 1. The van der Waals surface area contributed by atoms with Gasteiger partial charge in [0.25, 0.3) is 0 Å². The van der Waals surface area contributed by atoms with E-state index in [1.807, 2.05) is 0 Å². The molecule has 1 aromatic heterocycles. The molecule has 0 saturated carbocycles. The van der Waals surface area contributed by atoms with Gasteiger partial charge in [0, 0.05) is 5.69 Å². The molecule has 0 aliphatic carbocycles. The maximum atomic E-state index is 11.8. The molecule has 104 valence electrons. The van der Waals surface area contributed by atoms with Gasteiger partial charge < -0.3 is 15.8 Å². The molecule has 0 radical (unpaired) electrons. The number of thioether (sulfide) groups is 1. The van der Waals surface area contributed by atoms with E-state index in [0.29, 0.717) is 10.8 Å². The van der Waals surface area contributed by atoms with Crippen LogP contribution in [0.4, 0.5) is 11.6 Å². The zero-order valence-electron chi connectivity index (χ0n) is 10.7. The van der Waals surface area contributed by atoms with Crippen molar-refractivity contribution < 1.29 is 9.53 Å². The van der Waals surface area contributed by atoms with Crippen molar-refractivity contribution in [3.05, 3.63) is 30.6 Å². The number of nitrogens with two attached hydrogens (primary N) is 1. The molecule has 20 heavy (non-hydrogen) atoms. The summed E-state index contributed by atoms with van der Waals surface area (Å²) >= 11 is 1.19. The molecule has 8 heteroatoms. The SMILES string of the molecule is COc1ccc(NC(=O)CSc2ncnc(N)n2)cc1. The van der Waals surface area contributed by atoms with Crippen molar-refractivity contribution >= 4 is 29.3 Å². The second kappa shape index (κ2) is 6.71. The minimum Gasteiger partial charge on any atom is -0.497 e. The number of carbonyl (C=O) groups excluding carboxylic acids is 1. The van der Waals surface area contributed by atoms with Crippen LogP contribution in [-0.2, 0) is 4.79 Å². The lowest BCUT2D eigenvalue weighted by Crippen LogP contribution is -2.14. The molecule has 0 saturated heterocycles. The average Bonchev–Trinajstić information content (AvgIpc) is 2.46. The molecule has 3 N–H and O–H groups in total. The molecule has 7 nitrogen and oxygen atoms in total. The van der Waals surface area contributed by atoms with E-state index in [1.54, 1.807) is 31.4 Å². The summed E-state index contributed by atoms with van der Waals surface area (Å²) in [6, 6.07) is 7.08. The maximum absolute atomic E-state index is 11.8. The Morgan fingerprint density at radius 3 is 2.75 bits per heavy atom. The second-order valence-corrected chi connectivity index (χ2v) is 4.63. The van der Waals surface area contributed by atoms with Gasteiger partial charge in [0.05, 0.1) is 12.9 Å². The molecule has 1 heterocycles. The molecule has 0 aliphatic heterocycles. The lowest BCUT2D eigenvalue weighted by Gasteiger charge is -2.05. The zero-order valence-corrected chi connectivity index (χ0v) is 11.6. The van der Waals surface area contributed by atoms with Gasteiger partial charge in [-0.1, -0.05) is 11.8 Å². The van der Waals surface area contributed by atoms with Crippen LogP contribution in [0.5, 0.6) is 5.75 Å². The molecule has 0 unspecified atom stereocenters. The number of nitrogens with one attached hydrogen (secondary N) is 1. The predicted octanol–water partition coefficient (Wildman–Crippen LogP) is 1.19. The van der Waals surface area contributed by atoms with Crippen molar-refractivity contribution in [2.75, 3.05) is 23.9 Å². The fraction of sp³-hybridized carbons (Fsp3) is 0.167. The highest BCUT2D eigenvalue weighted by Crippen LogP contribution is 2.16. The van der Waals surface area contributed by atoms with Gasteiger partial charge in [-0.25, -0.2) is 9.97 Å². The van der Waals surface area contributed by atoms with Crippen LogP contribution in [0.2, 0.25) is 0 Å². The zero-order chi connectivity index (χ0) is 14.4. The average molecular weight is 291 g/mol. The van der Waals surface area contributed by atoms with Gasteiger partial charge in [-0.3, -0.25) is 4.79 Å². The number of hydrogen-bond acceptors (Lipinski definition) is 7. The molecule has 0 spiro atoms. The molecule has 1 amide bonds. The molecule has 0 bridgehead atoms. The summed E-state index contributed by atoms with van der Waals surface area (Å²) in [7, 11) is 1.59. The Balaban J connectivity index is 1.85. The number of aromatic nitrogens is 3. The van der Waals surface area contributed by atoms with E-state index in [1.165, 1.54) is 18.1 Å². The predicted molar refractivity (Wildman–Crippen MR) is 76.6 cm³/mol. The van der Waals surface area contributed by atoms with Crippen molar-refractivity contribution in [3.8, 4) is 5.75 Å². The van der Waals surface area contributed by atoms with E-state index < -0.39 is 0 Å². The summed E-state index contributed by atoms with van der Waals surface area (Å²) in [5.74, 6) is 0.908. The van der Waals surface area contributed by atoms with Crippen LogP contribution in [0.1, 0.15) is 0 Å². The summed E-state index contributed by atoms with van der Waals surface area (Å²) in [5, 5.41) is 3.18. The van der Waals surface area contributed by atoms with E-state index in [9.17, 15) is 4.79 Å². The van der Waals surface area contributed by atoms with Crippen molar-refractivity contribution in [1.29, 1.82) is 0 Å². The standard InChI is InChI=1S/C12H13N5O2S/c1-19-9-4-2-8(3-5-9)16-10(18)6-20-12-15-7-14-11(13)17-12/h2-5,7H,6H2,1H3,(H,16,18)(H2,13,14,15,17). The van der Waals surface area contributed by atoms with Crippen molar-refractivity contribution in [2.24, 2.45) is 0 Å². The van der Waals surface area contributed by atoms with Gasteiger partial charge in [-0.2, -0.15) is 4.98 Å². The van der Waals surface area contributed by atoms with Crippen molar-refractivity contribution in [2.45, 2.75) is 5.16 Å². The molecule has 0 aliphatic rings. The van der Waals surface area contributed by atoms with Crippen LogP contribution in [0.25, 0.3) is 0 Å². The Kier molecular flexibility index (Phi) is 4.72. The molecule has 0 atom stereocenters. The second-order valence-electron chi connectivity index (χ2n) is 3.69. The first-order valence-electron chi connectivity index (χ1n) is 5.68. The Labute approximate surface area is 120 Å². The minimum atomic E-state index is -0.154. The highest BCUT2D eigenvalue weighted by atomic mass is 32.2. The van der Waals surface area contributed by atoms with E-state index in [2.05, 4.69) is 20.3 Å². The molecule has 2 aromatic rings. The number of methoxy groups -OCH3 is 1. The summed E-state index contributed by atoms with van der Waals surface area (Å²) in [6.45, 7) is 0. The Morgan fingerprint density at radius 1 is 1.35 bits per heavy atom. The Bertz CT molecular complexity index is 591. The van der Waals surface area contributed by atoms with Crippen molar-refractivity contribution in [1.82, 2.24) is 15.0 Å². The summed E-state index contributed by atoms with van der Waals surface area (Å²) in [6.07, 6.45) is 1.31. The van der Waals surface area contributed by atoms with Gasteiger partial charge in [-0.05, 0) is 24.3 Å². The van der Waals surface area contributed by atoms with Crippen LogP contribution in [0, 0.1) is 0 Å². The number of anilines is 2. The van der Waals surface area contributed by atoms with Gasteiger partial charge in [0.15, 0.2) is 5.16 Å². The smallest absolute Gasteiger partial charge is 0.234 e. The molecule has 1 aromatic carbocycles. The van der Waals surface area contributed by atoms with E-state index >= 15 is 0 Å². The first-order chi connectivity index (χ1) is 9.67. The number of nitrogen functional groups attached to an aromatic ring is 1. The van der Waals surface area contributed by atoms with E-state index in [4.69, 9.17) is 10.5 Å². The lowest BCUT2D eigenvalue weighted by atomic mass is 10.3. The number of amides is 1. The van der Waals surface area contributed by atoms with Gasteiger partial charge >= 0.3 is 0 Å². The Hall–Kier alpha value is -2.35. The van der Waals surface area contributed by atoms with E-state index in [0.717, 1.165) is 5.75 Å². The number of benzene rings is 1. The van der Waals surface area contributed by atoms with E-state index in [-0.39, 0.29) is 17.6 Å². The largest absolute Gasteiger partial charge is 0.497 e. The van der Waals surface area contributed by atoms with Gasteiger partial charge in [0.1, 0.15) is 12.1 Å². The van der Waals surface area contributed by atoms with Crippen LogP contribution in [-0.4, -0.2) is 33.7 Å². The fourth-order valence-electron chi connectivity index (χ4n) is 1.36. The van der Waals surface area contributed by atoms with Crippen LogP contribution < -0.4 is 15.8 Å². The quantitative estimate of drug-likeness (QED) is 0.797. The summed E-state index contributed by atoms with van der Waals surface area (Å²) < 4.78 is 5.04. The molecular formula is C12H13N5O2S. The van der Waals surface area contributed by atoms with Crippen LogP contribution >= 0.6 is 11.8 Å². The van der Waals surface area contributed by atoms with Crippen molar-refractivity contribution in [3.63, 3.8) is 0 Å². The Morgan fingerprint density at radius 2 is 2.10 bits per heavy atom.